The van der Waals surface area contributed by atoms with Gasteiger partial charge in [0, 0.05) is 44.6 Å². The monoisotopic (exact) mass is 356 g/mol. The van der Waals surface area contributed by atoms with Gasteiger partial charge in [0.2, 0.25) is 11.8 Å². The molecule has 1 aliphatic rings. The highest BCUT2D eigenvalue weighted by Crippen LogP contribution is 2.15. The number of piperazine rings is 1. The van der Waals surface area contributed by atoms with Crippen LogP contribution in [0.15, 0.2) is 29.6 Å². The van der Waals surface area contributed by atoms with E-state index in [9.17, 15) is 9.59 Å². The molecule has 3 aromatic heterocycles. The van der Waals surface area contributed by atoms with Gasteiger partial charge in [-0.15, -0.1) is 0 Å². The molecular weight excluding hydrogens is 340 g/mol. The summed E-state index contributed by atoms with van der Waals surface area (Å²) in [4.78, 5) is 45.1. The molecule has 1 aliphatic heterocycles. The maximum absolute atomic E-state index is 12.7. The van der Waals surface area contributed by atoms with Gasteiger partial charge in [-0.3, -0.25) is 14.7 Å². The lowest BCUT2D eigenvalue weighted by atomic mass is 10.2. The van der Waals surface area contributed by atoms with Crippen molar-refractivity contribution in [2.24, 2.45) is 0 Å². The number of aromatic nitrogens is 6. The molecule has 4 heterocycles. The first kappa shape index (κ1) is 16.0. The van der Waals surface area contributed by atoms with Crippen LogP contribution in [-0.2, 0) is 0 Å². The Hall–Kier alpha value is -3.50. The van der Waals surface area contributed by atoms with Crippen molar-refractivity contribution in [2.45, 2.75) is 0 Å². The standard InChI is InChI=1S/C15H16N8O3/c1-26-11-2-3-16-15(20-11)22-6-4-21(5-7-22)12(24)10-8-17-14-18-9-19-23(14)13(10)25/h2-3,8-9H,4-7H2,1H3,(H,17,18,19). The zero-order valence-corrected chi connectivity index (χ0v) is 14.0. The number of carbonyl (C=O) groups excluding carboxylic acids is 1. The Kier molecular flexibility index (Phi) is 3.95. The first-order valence-corrected chi connectivity index (χ1v) is 8.00. The van der Waals surface area contributed by atoms with Gasteiger partial charge in [-0.1, -0.05) is 0 Å². The summed E-state index contributed by atoms with van der Waals surface area (Å²) in [6.07, 6.45) is 4.26. The molecule has 3 aromatic rings. The molecule has 0 bridgehead atoms. The summed E-state index contributed by atoms with van der Waals surface area (Å²) in [7, 11) is 1.55. The molecular formula is C15H16N8O3. The molecule has 4 rings (SSSR count). The molecule has 11 nitrogen and oxygen atoms in total. The number of carbonyl (C=O) groups is 1. The Balaban J connectivity index is 1.49. The molecule has 1 amide bonds. The van der Waals surface area contributed by atoms with Crippen LogP contribution in [0.4, 0.5) is 5.95 Å². The maximum Gasteiger partial charge on any atom is 0.286 e. The second-order valence-electron chi connectivity index (χ2n) is 5.68. The lowest BCUT2D eigenvalue weighted by Crippen LogP contribution is -2.50. The van der Waals surface area contributed by atoms with Crippen molar-refractivity contribution in [1.82, 2.24) is 34.4 Å². The van der Waals surface area contributed by atoms with Crippen molar-refractivity contribution in [3.05, 3.63) is 40.7 Å². The van der Waals surface area contributed by atoms with Crippen LogP contribution >= 0.6 is 0 Å². The van der Waals surface area contributed by atoms with Crippen molar-refractivity contribution in [2.75, 3.05) is 38.2 Å². The van der Waals surface area contributed by atoms with Crippen molar-refractivity contribution in [1.29, 1.82) is 0 Å². The summed E-state index contributed by atoms with van der Waals surface area (Å²) >= 11 is 0. The van der Waals surface area contributed by atoms with Crippen LogP contribution in [0.2, 0.25) is 0 Å². The molecule has 0 saturated carbocycles. The first-order chi connectivity index (χ1) is 12.7. The van der Waals surface area contributed by atoms with E-state index in [1.165, 1.54) is 12.5 Å². The summed E-state index contributed by atoms with van der Waals surface area (Å²) in [6, 6.07) is 1.68. The molecule has 0 spiro atoms. The van der Waals surface area contributed by atoms with Crippen molar-refractivity contribution < 1.29 is 9.53 Å². The second kappa shape index (κ2) is 6.43. The van der Waals surface area contributed by atoms with Crippen molar-refractivity contribution >= 4 is 17.6 Å². The molecule has 134 valence electrons. The number of fused-ring (bicyclic) bond motifs is 1. The molecule has 11 heteroatoms. The average Bonchev–Trinajstić information content (AvgIpc) is 3.18. The van der Waals surface area contributed by atoms with Crippen molar-refractivity contribution in [3.8, 4) is 5.88 Å². The van der Waals surface area contributed by atoms with Crippen LogP contribution < -0.4 is 15.2 Å². The summed E-state index contributed by atoms with van der Waals surface area (Å²) in [5.74, 6) is 0.918. The fourth-order valence-corrected chi connectivity index (χ4v) is 2.82. The minimum Gasteiger partial charge on any atom is -0.481 e. The minimum absolute atomic E-state index is 0.0119. The fourth-order valence-electron chi connectivity index (χ4n) is 2.82. The van der Waals surface area contributed by atoms with Gasteiger partial charge in [0.1, 0.15) is 11.9 Å². The maximum atomic E-state index is 12.7. The third kappa shape index (κ3) is 2.72. The molecule has 1 saturated heterocycles. The van der Waals surface area contributed by atoms with Crippen LogP contribution in [0.25, 0.3) is 5.78 Å². The summed E-state index contributed by atoms with van der Waals surface area (Å²) < 4.78 is 6.26. The number of amides is 1. The smallest absolute Gasteiger partial charge is 0.286 e. The predicted octanol–water partition coefficient (Wildman–Crippen LogP) is -0.821. The van der Waals surface area contributed by atoms with Gasteiger partial charge in [-0.2, -0.15) is 9.50 Å². The van der Waals surface area contributed by atoms with Crippen molar-refractivity contribution in [3.63, 3.8) is 0 Å². The Morgan fingerprint density at radius 3 is 2.77 bits per heavy atom. The van der Waals surface area contributed by atoms with Gasteiger partial charge < -0.3 is 14.5 Å². The Morgan fingerprint density at radius 2 is 2.00 bits per heavy atom. The lowest BCUT2D eigenvalue weighted by molar-refractivity contribution is 0.0743. The predicted molar refractivity (Wildman–Crippen MR) is 90.3 cm³/mol. The van der Waals surface area contributed by atoms with Crippen LogP contribution in [0, 0.1) is 0 Å². The average molecular weight is 356 g/mol. The first-order valence-electron chi connectivity index (χ1n) is 8.00. The second-order valence-corrected chi connectivity index (χ2v) is 5.68. The normalized spacial score (nSPS) is 14.7. The van der Waals surface area contributed by atoms with E-state index in [1.807, 2.05) is 4.90 Å². The Morgan fingerprint density at radius 1 is 1.19 bits per heavy atom. The number of anilines is 1. The summed E-state index contributed by atoms with van der Waals surface area (Å²) in [5, 5.41) is 2.65. The minimum atomic E-state index is -0.462. The highest BCUT2D eigenvalue weighted by molar-refractivity contribution is 5.93. The molecule has 26 heavy (non-hydrogen) atoms. The van der Waals surface area contributed by atoms with Crippen LogP contribution in [0.5, 0.6) is 5.88 Å². The number of hydrogen-bond donors (Lipinski definition) is 1. The van der Waals surface area contributed by atoms with Gasteiger partial charge in [0.05, 0.1) is 7.11 Å². The number of H-pyrrole nitrogens is 1. The lowest BCUT2D eigenvalue weighted by Gasteiger charge is -2.34. The van der Waals surface area contributed by atoms with Gasteiger partial charge in [0.25, 0.3) is 17.2 Å². The van der Waals surface area contributed by atoms with E-state index in [2.05, 4.69) is 25.0 Å². The Bertz CT molecular complexity index is 1010. The third-order valence-corrected chi connectivity index (χ3v) is 4.22. The summed E-state index contributed by atoms with van der Waals surface area (Å²) in [6.45, 7) is 2.01. The number of aromatic amines is 1. The van der Waals surface area contributed by atoms with Crippen LogP contribution in [0.3, 0.4) is 0 Å². The highest BCUT2D eigenvalue weighted by atomic mass is 16.5. The van der Waals surface area contributed by atoms with Crippen LogP contribution in [0.1, 0.15) is 10.4 Å². The number of rotatable bonds is 3. The molecule has 0 unspecified atom stereocenters. The number of ether oxygens (including phenoxy) is 1. The van der Waals surface area contributed by atoms with Crippen LogP contribution in [-0.4, -0.2) is 73.6 Å². The van der Waals surface area contributed by atoms with Gasteiger partial charge >= 0.3 is 0 Å². The van der Waals surface area contributed by atoms with Gasteiger partial charge in [-0.05, 0) is 0 Å². The van der Waals surface area contributed by atoms with E-state index >= 15 is 0 Å². The number of hydrogen-bond acceptors (Lipinski definition) is 8. The largest absolute Gasteiger partial charge is 0.481 e. The number of nitrogens with one attached hydrogen (secondary N) is 1. The highest BCUT2D eigenvalue weighted by Gasteiger charge is 2.26. The zero-order chi connectivity index (χ0) is 18.1. The topological polar surface area (TPSA) is 122 Å². The van der Waals surface area contributed by atoms with Gasteiger partial charge in [0.15, 0.2) is 0 Å². The molecule has 1 fully saturated rings. The van der Waals surface area contributed by atoms with E-state index in [1.54, 1.807) is 24.3 Å². The summed E-state index contributed by atoms with van der Waals surface area (Å²) in [5.41, 5.74) is -0.450. The Labute approximate surface area is 147 Å². The molecule has 0 aromatic carbocycles. The van der Waals surface area contributed by atoms with E-state index in [-0.39, 0.29) is 17.2 Å². The fraction of sp³-hybridized carbons (Fsp3) is 0.333. The third-order valence-electron chi connectivity index (χ3n) is 4.22. The van der Waals surface area contributed by atoms with E-state index < -0.39 is 5.56 Å². The molecule has 1 N–H and O–H groups in total. The molecule has 0 atom stereocenters. The SMILES string of the molecule is COc1ccnc(N2CCN(C(=O)c3cnc4nc[nH]n4c3=O)CC2)n1. The zero-order valence-electron chi connectivity index (χ0n) is 14.0. The molecule has 0 aliphatic carbocycles. The van der Waals surface area contributed by atoms with Gasteiger partial charge in [-0.25, -0.2) is 15.0 Å². The molecule has 0 radical (unpaired) electrons. The van der Waals surface area contributed by atoms with E-state index in [0.717, 1.165) is 4.52 Å². The quantitative estimate of drug-likeness (QED) is 0.646. The van der Waals surface area contributed by atoms with E-state index in [4.69, 9.17) is 4.74 Å². The number of methoxy groups -OCH3 is 1. The van der Waals surface area contributed by atoms with E-state index in [0.29, 0.717) is 38.0 Å². The number of nitrogens with zero attached hydrogens (tertiary/aromatic N) is 7.